The number of likely N-dealkylation sites (N-methyl/N-ethyl adjacent to an activating group) is 1. The van der Waals surface area contributed by atoms with E-state index < -0.39 is 0 Å². The molecule has 2 aromatic carbocycles. The molecule has 5 heterocycles. The number of aryl methyl sites for hydroxylation is 1. The Morgan fingerprint density at radius 2 is 1.87 bits per heavy atom. The van der Waals surface area contributed by atoms with Gasteiger partial charge < -0.3 is 24.3 Å². The first kappa shape index (κ1) is 29.8. The average Bonchev–Trinajstić information content (AvgIpc) is 3.70. The Morgan fingerprint density at radius 1 is 1.02 bits per heavy atom. The molecule has 236 valence electrons. The fourth-order valence-corrected chi connectivity index (χ4v) is 7.67. The average molecular weight is 609 g/mol. The number of anilines is 2. The molecule has 3 aromatic rings. The molecule has 10 nitrogen and oxygen atoms in total. The molecule has 0 aliphatic carbocycles. The summed E-state index contributed by atoms with van der Waals surface area (Å²) in [6.45, 7) is 11.1. The summed E-state index contributed by atoms with van der Waals surface area (Å²) in [5.41, 5.74) is 4.75. The maximum atomic E-state index is 11.8. The zero-order valence-electron chi connectivity index (χ0n) is 26.8. The van der Waals surface area contributed by atoms with Gasteiger partial charge in [0, 0.05) is 74.9 Å². The Morgan fingerprint density at radius 3 is 2.62 bits per heavy atom. The van der Waals surface area contributed by atoms with E-state index in [-0.39, 0.29) is 18.0 Å². The number of carbonyl (C=O) groups excluding carboxylic acids is 1. The van der Waals surface area contributed by atoms with Crippen LogP contribution in [-0.4, -0.2) is 108 Å². The van der Waals surface area contributed by atoms with E-state index in [1.165, 1.54) is 34.0 Å². The van der Waals surface area contributed by atoms with Crippen LogP contribution in [0.25, 0.3) is 10.8 Å². The highest BCUT2D eigenvalue weighted by molar-refractivity contribution is 5.97. The van der Waals surface area contributed by atoms with Gasteiger partial charge in [-0.15, -0.1) is 0 Å². The molecule has 1 unspecified atom stereocenters. The van der Waals surface area contributed by atoms with Crippen molar-refractivity contribution in [2.24, 2.45) is 0 Å². The number of amides is 1. The van der Waals surface area contributed by atoms with Crippen molar-refractivity contribution in [3.05, 3.63) is 53.2 Å². The van der Waals surface area contributed by atoms with Crippen LogP contribution in [0.5, 0.6) is 6.01 Å². The minimum absolute atomic E-state index is 0.0824. The Kier molecular flexibility index (Phi) is 8.23. The van der Waals surface area contributed by atoms with Crippen molar-refractivity contribution in [2.75, 3.05) is 69.3 Å². The molecular formula is C35H44N8O2. The van der Waals surface area contributed by atoms with Gasteiger partial charge in [0.05, 0.1) is 30.8 Å². The Hall–Kier alpha value is -3.94. The normalized spacial score (nSPS) is 23.7. The molecule has 4 aliphatic rings. The monoisotopic (exact) mass is 608 g/mol. The van der Waals surface area contributed by atoms with Crippen LogP contribution in [0.1, 0.15) is 43.0 Å². The maximum Gasteiger partial charge on any atom is 0.318 e. The molecule has 0 saturated carbocycles. The number of likely N-dealkylation sites (tertiary alicyclic amines) is 1. The van der Waals surface area contributed by atoms with Gasteiger partial charge in [-0.25, -0.2) is 0 Å². The van der Waals surface area contributed by atoms with Crippen molar-refractivity contribution >= 4 is 28.2 Å². The summed E-state index contributed by atoms with van der Waals surface area (Å²) in [7, 11) is 2.16. The molecular weight excluding hydrogens is 564 g/mol. The van der Waals surface area contributed by atoms with Gasteiger partial charge in [0.1, 0.15) is 12.4 Å². The van der Waals surface area contributed by atoms with Gasteiger partial charge in [-0.05, 0) is 56.8 Å². The Bertz CT molecular complexity index is 1620. The molecule has 3 atom stereocenters. The second-order valence-corrected chi connectivity index (χ2v) is 13.2. The summed E-state index contributed by atoms with van der Waals surface area (Å²) in [5, 5.41) is 12.3. The highest BCUT2D eigenvalue weighted by Gasteiger charge is 2.40. The molecule has 7 rings (SSSR count). The molecule has 3 fully saturated rings. The third-order valence-electron chi connectivity index (χ3n) is 10.3. The van der Waals surface area contributed by atoms with Crippen molar-refractivity contribution in [2.45, 2.75) is 64.2 Å². The van der Waals surface area contributed by atoms with E-state index in [0.717, 1.165) is 70.2 Å². The van der Waals surface area contributed by atoms with Crippen LogP contribution in [0, 0.1) is 18.3 Å². The number of rotatable bonds is 8. The van der Waals surface area contributed by atoms with Gasteiger partial charge in [0.2, 0.25) is 5.91 Å². The van der Waals surface area contributed by atoms with E-state index in [2.05, 4.69) is 76.0 Å². The number of benzene rings is 2. The lowest BCUT2D eigenvalue weighted by Crippen LogP contribution is -2.55. The lowest BCUT2D eigenvalue weighted by molar-refractivity contribution is -0.124. The van der Waals surface area contributed by atoms with Crippen LogP contribution in [0.15, 0.2) is 36.4 Å². The smallest absolute Gasteiger partial charge is 0.318 e. The Labute approximate surface area is 266 Å². The Balaban J connectivity index is 1.17. The zero-order valence-corrected chi connectivity index (χ0v) is 26.8. The molecule has 0 spiro atoms. The standard InChI is InChI=1S/C35H44N8O2/c1-24-7-4-8-26-9-5-11-32(33(24)26)41-16-13-30-31(22-41)37-35(45-23-28-10-6-15-39(28)3)38-34(30)42-18-17-40(27(19-42)12-14-36)20-29-21-43(29)25(2)44/h4-5,7-9,11,27-29H,6,10,12-13,15-23H2,1-3H3/t27-,28-,29?,43?/m0/s1. The van der Waals surface area contributed by atoms with Crippen LogP contribution >= 0.6 is 0 Å². The number of fused-ring (bicyclic) bond motifs is 2. The molecule has 0 N–H and O–H groups in total. The fourth-order valence-electron chi connectivity index (χ4n) is 7.67. The number of nitrogens with zero attached hydrogens (tertiary/aromatic N) is 8. The number of hydrogen-bond acceptors (Lipinski definition) is 9. The van der Waals surface area contributed by atoms with Crippen molar-refractivity contribution in [1.29, 1.82) is 5.26 Å². The zero-order chi connectivity index (χ0) is 31.1. The predicted octanol–water partition coefficient (Wildman–Crippen LogP) is 3.61. The number of carbonyl (C=O) groups is 1. The number of aromatic nitrogens is 2. The predicted molar refractivity (Wildman–Crippen MR) is 176 cm³/mol. The summed E-state index contributed by atoms with van der Waals surface area (Å²) in [4.78, 5) is 33.5. The van der Waals surface area contributed by atoms with Crippen LogP contribution in [0.3, 0.4) is 0 Å². The molecule has 1 amide bonds. The number of piperazine rings is 1. The second kappa shape index (κ2) is 12.5. The lowest BCUT2D eigenvalue weighted by Gasteiger charge is -2.42. The van der Waals surface area contributed by atoms with Gasteiger partial charge in [0.25, 0.3) is 0 Å². The molecule has 10 heteroatoms. The molecule has 4 aliphatic heterocycles. The first-order chi connectivity index (χ1) is 21.9. The summed E-state index contributed by atoms with van der Waals surface area (Å²) >= 11 is 0. The van der Waals surface area contributed by atoms with Crippen LogP contribution in [0.2, 0.25) is 0 Å². The second-order valence-electron chi connectivity index (χ2n) is 13.2. The highest BCUT2D eigenvalue weighted by Crippen LogP contribution is 2.36. The summed E-state index contributed by atoms with van der Waals surface area (Å²) in [6.07, 6.45) is 3.61. The van der Waals surface area contributed by atoms with Gasteiger partial charge in [-0.1, -0.05) is 30.3 Å². The fraction of sp³-hybridized carbons (Fsp3) is 0.543. The molecule has 3 saturated heterocycles. The van der Waals surface area contributed by atoms with E-state index in [0.29, 0.717) is 31.6 Å². The van der Waals surface area contributed by atoms with Gasteiger partial charge in [0.15, 0.2) is 0 Å². The number of ether oxygens (including phenoxy) is 1. The quantitative estimate of drug-likeness (QED) is 0.356. The molecule has 0 radical (unpaired) electrons. The minimum atomic E-state index is 0.0824. The van der Waals surface area contributed by atoms with E-state index in [1.807, 2.05) is 4.90 Å². The van der Waals surface area contributed by atoms with Crippen molar-refractivity contribution in [3.63, 3.8) is 0 Å². The van der Waals surface area contributed by atoms with Gasteiger partial charge in [-0.3, -0.25) is 9.69 Å². The van der Waals surface area contributed by atoms with Crippen molar-refractivity contribution < 1.29 is 9.53 Å². The van der Waals surface area contributed by atoms with E-state index >= 15 is 0 Å². The molecule has 0 bridgehead atoms. The SMILES string of the molecule is CC(=O)N1CC1CN1CCN(c2nc(OC[C@@H]3CCCN3C)nc3c2CCN(c2cccc4cccc(C)c24)C3)C[C@@H]1CC#N. The highest BCUT2D eigenvalue weighted by atomic mass is 16.5. The number of nitriles is 1. The summed E-state index contributed by atoms with van der Waals surface area (Å²) in [6, 6.07) is 16.7. The lowest BCUT2D eigenvalue weighted by atomic mass is 9.99. The van der Waals surface area contributed by atoms with Gasteiger partial charge >= 0.3 is 6.01 Å². The third kappa shape index (κ3) is 6.03. The third-order valence-corrected chi connectivity index (χ3v) is 10.3. The van der Waals surface area contributed by atoms with E-state index in [4.69, 9.17) is 14.7 Å². The van der Waals surface area contributed by atoms with Crippen LogP contribution < -0.4 is 14.5 Å². The topological polar surface area (TPSA) is 91.8 Å². The minimum Gasteiger partial charge on any atom is -0.462 e. The molecule has 1 aromatic heterocycles. The number of hydrogen-bond donors (Lipinski definition) is 0. The van der Waals surface area contributed by atoms with Crippen LogP contribution in [0.4, 0.5) is 11.5 Å². The first-order valence-corrected chi connectivity index (χ1v) is 16.5. The largest absolute Gasteiger partial charge is 0.462 e. The van der Waals surface area contributed by atoms with Crippen LogP contribution in [-0.2, 0) is 17.8 Å². The maximum absolute atomic E-state index is 11.8. The summed E-state index contributed by atoms with van der Waals surface area (Å²) in [5.74, 6) is 1.09. The van der Waals surface area contributed by atoms with Crippen molar-refractivity contribution in [1.82, 2.24) is 24.7 Å². The van der Waals surface area contributed by atoms with E-state index in [1.54, 1.807) is 6.92 Å². The summed E-state index contributed by atoms with van der Waals surface area (Å²) < 4.78 is 6.37. The first-order valence-electron chi connectivity index (χ1n) is 16.5. The van der Waals surface area contributed by atoms with E-state index in [9.17, 15) is 10.1 Å². The van der Waals surface area contributed by atoms with Gasteiger partial charge in [-0.2, -0.15) is 15.2 Å². The molecule has 45 heavy (non-hydrogen) atoms. The van der Waals surface area contributed by atoms with Crippen molar-refractivity contribution in [3.8, 4) is 12.1 Å².